The first-order valence-electron chi connectivity index (χ1n) is 7.10. The molecule has 22 heavy (non-hydrogen) atoms. The van der Waals surface area contributed by atoms with E-state index in [-0.39, 0.29) is 19.3 Å². The van der Waals surface area contributed by atoms with E-state index in [1.165, 1.54) is 6.07 Å². The summed E-state index contributed by atoms with van der Waals surface area (Å²) in [7, 11) is 0. The molecule has 0 aliphatic carbocycles. The van der Waals surface area contributed by atoms with Gasteiger partial charge in [0.1, 0.15) is 30.1 Å². The third-order valence-corrected chi connectivity index (χ3v) is 3.47. The molecule has 1 aliphatic rings. The van der Waals surface area contributed by atoms with Crippen LogP contribution in [0.2, 0.25) is 0 Å². The van der Waals surface area contributed by atoms with Gasteiger partial charge in [0.2, 0.25) is 0 Å². The van der Waals surface area contributed by atoms with Gasteiger partial charge in [-0.05, 0) is 32.0 Å². The molecule has 0 saturated carbocycles. The van der Waals surface area contributed by atoms with Crippen LogP contribution < -0.4 is 10.4 Å². The average Bonchev–Trinajstić information content (AvgIpc) is 2.79. The van der Waals surface area contributed by atoms with Gasteiger partial charge in [-0.1, -0.05) is 0 Å². The Bertz CT molecular complexity index is 720. The highest BCUT2D eigenvalue weighted by Gasteiger charge is 2.41. The summed E-state index contributed by atoms with van der Waals surface area (Å²) in [4.78, 5) is 11.2. The van der Waals surface area contributed by atoms with Crippen molar-refractivity contribution in [2.24, 2.45) is 0 Å². The van der Waals surface area contributed by atoms with E-state index < -0.39 is 17.5 Å². The van der Waals surface area contributed by atoms with E-state index in [0.29, 0.717) is 11.3 Å². The van der Waals surface area contributed by atoms with E-state index >= 15 is 0 Å². The zero-order chi connectivity index (χ0) is 15.7. The lowest BCUT2D eigenvalue weighted by Gasteiger charge is -2.17. The number of hydrogen-bond donors (Lipinski definition) is 1. The van der Waals surface area contributed by atoms with Crippen LogP contribution in [-0.2, 0) is 9.47 Å². The molecule has 1 N–H and O–H groups in total. The minimum Gasteiger partial charge on any atom is -0.491 e. The van der Waals surface area contributed by atoms with Gasteiger partial charge in [0.15, 0.2) is 5.79 Å². The topological polar surface area (TPSA) is 78.1 Å². The Hall–Kier alpha value is -1.89. The Morgan fingerprint density at radius 2 is 1.91 bits per heavy atom. The van der Waals surface area contributed by atoms with Crippen LogP contribution in [-0.4, -0.2) is 36.3 Å². The lowest BCUT2D eigenvalue weighted by molar-refractivity contribution is -0.150. The molecule has 1 saturated heterocycles. The van der Waals surface area contributed by atoms with Crippen molar-refractivity contribution in [1.29, 1.82) is 0 Å². The molecule has 6 heteroatoms. The van der Waals surface area contributed by atoms with Crippen LogP contribution in [0.15, 0.2) is 39.5 Å². The van der Waals surface area contributed by atoms with Gasteiger partial charge in [-0.2, -0.15) is 0 Å². The van der Waals surface area contributed by atoms with Crippen molar-refractivity contribution in [2.45, 2.75) is 31.8 Å². The van der Waals surface area contributed by atoms with Crippen molar-refractivity contribution in [2.75, 3.05) is 13.2 Å². The summed E-state index contributed by atoms with van der Waals surface area (Å²) < 4.78 is 22.1. The molecule has 118 valence electrons. The van der Waals surface area contributed by atoms with Crippen LogP contribution in [0.5, 0.6) is 5.75 Å². The average molecular weight is 306 g/mol. The molecule has 1 aromatic heterocycles. The van der Waals surface area contributed by atoms with E-state index in [1.54, 1.807) is 32.0 Å². The van der Waals surface area contributed by atoms with E-state index in [0.717, 1.165) is 5.39 Å². The highest BCUT2D eigenvalue weighted by Crippen LogP contribution is 2.28. The molecule has 0 spiro atoms. The summed E-state index contributed by atoms with van der Waals surface area (Å²) in [5, 5.41) is 10.1. The van der Waals surface area contributed by atoms with E-state index in [9.17, 15) is 9.90 Å². The van der Waals surface area contributed by atoms with E-state index in [4.69, 9.17) is 18.6 Å². The van der Waals surface area contributed by atoms with Gasteiger partial charge in [-0.25, -0.2) is 4.79 Å². The van der Waals surface area contributed by atoms with Crippen molar-refractivity contribution in [1.82, 2.24) is 0 Å². The van der Waals surface area contributed by atoms with Gasteiger partial charge < -0.3 is 23.7 Å². The Balaban J connectivity index is 1.72. The highest BCUT2D eigenvalue weighted by atomic mass is 16.8. The van der Waals surface area contributed by atoms with Crippen molar-refractivity contribution in [3.8, 4) is 5.75 Å². The smallest absolute Gasteiger partial charge is 0.336 e. The summed E-state index contributed by atoms with van der Waals surface area (Å²) in [6.45, 7) is 3.68. The fourth-order valence-electron chi connectivity index (χ4n) is 2.51. The third kappa shape index (κ3) is 3.14. The fourth-order valence-corrected chi connectivity index (χ4v) is 2.51. The van der Waals surface area contributed by atoms with Gasteiger partial charge in [0.25, 0.3) is 0 Å². The first kappa shape index (κ1) is 15.0. The van der Waals surface area contributed by atoms with Gasteiger partial charge in [-0.3, -0.25) is 0 Å². The highest BCUT2D eigenvalue weighted by molar-refractivity contribution is 5.77. The molecule has 6 nitrogen and oxygen atoms in total. The van der Waals surface area contributed by atoms with E-state index in [2.05, 4.69) is 0 Å². The predicted molar refractivity (Wildman–Crippen MR) is 78.9 cm³/mol. The van der Waals surface area contributed by atoms with Crippen molar-refractivity contribution < 1.29 is 23.7 Å². The number of hydrogen-bond acceptors (Lipinski definition) is 6. The van der Waals surface area contributed by atoms with Crippen LogP contribution in [0.3, 0.4) is 0 Å². The zero-order valence-corrected chi connectivity index (χ0v) is 12.4. The van der Waals surface area contributed by atoms with Crippen LogP contribution in [0.4, 0.5) is 0 Å². The van der Waals surface area contributed by atoms with Crippen molar-refractivity contribution in [3.63, 3.8) is 0 Å². The Morgan fingerprint density at radius 3 is 2.68 bits per heavy atom. The lowest BCUT2D eigenvalue weighted by atomic mass is 10.2. The zero-order valence-electron chi connectivity index (χ0n) is 12.4. The van der Waals surface area contributed by atoms with Gasteiger partial charge in [0, 0.05) is 17.5 Å². The molecule has 0 bridgehead atoms. The molecule has 0 unspecified atom stereocenters. The monoisotopic (exact) mass is 306 g/mol. The molecular formula is C16H18O6. The summed E-state index contributed by atoms with van der Waals surface area (Å²) in [5.41, 5.74) is 0.0619. The molecule has 1 aromatic carbocycles. The minimum absolute atomic E-state index is 0.135. The first-order valence-corrected chi connectivity index (χ1v) is 7.10. The second-order valence-electron chi connectivity index (χ2n) is 5.66. The molecule has 3 rings (SSSR count). The number of aliphatic hydroxyl groups excluding tert-OH is 1. The normalized spacial score (nSPS) is 23.8. The Kier molecular flexibility index (Phi) is 3.90. The number of benzene rings is 1. The standard InChI is InChI=1S/C16H18O6/c1-16(2)21-13(8-17)14(22-16)9-19-11-5-3-10-4-6-15(18)20-12(10)7-11/h3-7,13-14,17H,8-9H2,1-2H3/t13-,14-/m1/s1. The molecule has 1 aliphatic heterocycles. The fraction of sp³-hybridized carbons (Fsp3) is 0.438. The van der Waals surface area contributed by atoms with Crippen LogP contribution >= 0.6 is 0 Å². The first-order chi connectivity index (χ1) is 10.5. The summed E-state index contributed by atoms with van der Waals surface area (Å²) >= 11 is 0. The Morgan fingerprint density at radius 1 is 1.18 bits per heavy atom. The number of fused-ring (bicyclic) bond motifs is 1. The summed E-state index contributed by atoms with van der Waals surface area (Å²) in [5.74, 6) is -0.177. The molecule has 0 amide bonds. The van der Waals surface area contributed by atoms with Crippen LogP contribution in [0.25, 0.3) is 11.0 Å². The lowest BCUT2D eigenvalue weighted by Crippen LogP contribution is -2.31. The van der Waals surface area contributed by atoms with Gasteiger partial charge >= 0.3 is 5.63 Å². The molecular weight excluding hydrogens is 288 g/mol. The molecule has 2 atom stereocenters. The van der Waals surface area contributed by atoms with E-state index in [1.807, 2.05) is 6.07 Å². The second kappa shape index (κ2) is 5.72. The summed E-state index contributed by atoms with van der Waals surface area (Å²) in [6, 6.07) is 8.33. The predicted octanol–water partition coefficient (Wildman–Crippen LogP) is 1.68. The molecule has 0 radical (unpaired) electrons. The maximum absolute atomic E-state index is 11.2. The molecule has 1 fully saturated rings. The maximum atomic E-state index is 11.2. The van der Waals surface area contributed by atoms with Crippen molar-refractivity contribution in [3.05, 3.63) is 40.8 Å². The largest absolute Gasteiger partial charge is 0.491 e. The van der Waals surface area contributed by atoms with Crippen LogP contribution in [0.1, 0.15) is 13.8 Å². The quantitative estimate of drug-likeness (QED) is 0.866. The number of ether oxygens (including phenoxy) is 3. The van der Waals surface area contributed by atoms with Crippen molar-refractivity contribution >= 4 is 11.0 Å². The summed E-state index contributed by atoms with van der Waals surface area (Å²) in [6.07, 6.45) is -0.785. The maximum Gasteiger partial charge on any atom is 0.336 e. The van der Waals surface area contributed by atoms with Crippen LogP contribution in [0, 0.1) is 0 Å². The second-order valence-corrected chi connectivity index (χ2v) is 5.66. The molecule has 2 aromatic rings. The molecule has 2 heterocycles. The Labute approximate surface area is 127 Å². The minimum atomic E-state index is -0.738. The number of rotatable bonds is 4. The van der Waals surface area contributed by atoms with Gasteiger partial charge in [-0.15, -0.1) is 0 Å². The third-order valence-electron chi connectivity index (χ3n) is 3.47. The number of aliphatic hydroxyl groups is 1. The SMILES string of the molecule is CC1(C)O[C@H](CO)[C@@H](COc2ccc3ccc(=O)oc3c2)O1. The van der Waals surface area contributed by atoms with Gasteiger partial charge in [0.05, 0.1) is 6.61 Å².